The van der Waals surface area contributed by atoms with E-state index in [0.29, 0.717) is 12.2 Å². The highest BCUT2D eigenvalue weighted by Gasteiger charge is 2.03. The van der Waals surface area contributed by atoms with Crippen molar-refractivity contribution < 1.29 is 4.74 Å². The van der Waals surface area contributed by atoms with Crippen LogP contribution >= 0.6 is 0 Å². The van der Waals surface area contributed by atoms with Gasteiger partial charge >= 0.3 is 0 Å². The lowest BCUT2D eigenvalue weighted by Crippen LogP contribution is -1.94. The summed E-state index contributed by atoms with van der Waals surface area (Å²) < 4.78 is 5.73. The molecule has 0 radical (unpaired) electrons. The van der Waals surface area contributed by atoms with E-state index in [1.165, 1.54) is 19.3 Å². The first-order chi connectivity index (χ1) is 14.3. The Morgan fingerprint density at radius 1 is 0.862 bits per heavy atom. The van der Waals surface area contributed by atoms with E-state index in [1.54, 1.807) is 6.20 Å². The van der Waals surface area contributed by atoms with Gasteiger partial charge < -0.3 is 4.74 Å². The van der Waals surface area contributed by atoms with Gasteiger partial charge in [-0.25, -0.2) is 0 Å². The van der Waals surface area contributed by atoms with Crippen LogP contribution in [-0.2, 0) is 0 Å². The van der Waals surface area contributed by atoms with Gasteiger partial charge in [0, 0.05) is 5.56 Å². The van der Waals surface area contributed by atoms with Gasteiger partial charge in [0.2, 0.25) is 0 Å². The number of unbranched alkanes of at least 4 members (excludes halogenated alkanes) is 3. The van der Waals surface area contributed by atoms with Crippen LogP contribution in [0.1, 0.15) is 38.2 Å². The summed E-state index contributed by atoms with van der Waals surface area (Å²) in [5.41, 5.74) is 4.85. The van der Waals surface area contributed by atoms with Gasteiger partial charge in [-0.15, -0.1) is 0 Å². The summed E-state index contributed by atoms with van der Waals surface area (Å²) in [5.74, 6) is 0.779. The van der Waals surface area contributed by atoms with Crippen molar-refractivity contribution in [1.29, 1.82) is 5.26 Å². The second kappa shape index (κ2) is 10.8. The van der Waals surface area contributed by atoms with Gasteiger partial charge in [0.1, 0.15) is 12.4 Å². The van der Waals surface area contributed by atoms with Crippen LogP contribution in [0.25, 0.3) is 22.4 Å². The molecule has 0 N–H and O–H groups in total. The van der Waals surface area contributed by atoms with Crippen molar-refractivity contribution >= 4 is 0 Å². The molecule has 3 heteroatoms. The molecule has 1 heterocycles. The highest BCUT2D eigenvalue weighted by Crippen LogP contribution is 2.25. The van der Waals surface area contributed by atoms with E-state index in [0.717, 1.165) is 34.6 Å². The van der Waals surface area contributed by atoms with E-state index in [2.05, 4.69) is 54.4 Å². The Morgan fingerprint density at radius 2 is 1.55 bits per heavy atom. The highest BCUT2D eigenvalue weighted by atomic mass is 16.5. The fourth-order valence-corrected chi connectivity index (χ4v) is 3.05. The number of aromatic nitrogens is 1. The molecule has 3 nitrogen and oxygen atoms in total. The zero-order valence-corrected chi connectivity index (χ0v) is 16.8. The van der Waals surface area contributed by atoms with Crippen molar-refractivity contribution in [3.05, 3.63) is 84.6 Å². The van der Waals surface area contributed by atoms with Gasteiger partial charge in [-0.2, -0.15) is 5.26 Å². The third-order valence-corrected chi connectivity index (χ3v) is 4.75. The van der Waals surface area contributed by atoms with Crippen molar-refractivity contribution in [2.24, 2.45) is 0 Å². The van der Waals surface area contributed by atoms with Crippen molar-refractivity contribution in [3.63, 3.8) is 0 Å². The van der Waals surface area contributed by atoms with Gasteiger partial charge in [-0.3, -0.25) is 4.98 Å². The van der Waals surface area contributed by atoms with Crippen LogP contribution < -0.4 is 4.74 Å². The predicted molar refractivity (Wildman–Crippen MR) is 119 cm³/mol. The normalized spacial score (nSPS) is 10.8. The van der Waals surface area contributed by atoms with E-state index in [1.807, 2.05) is 36.4 Å². The second-order valence-corrected chi connectivity index (χ2v) is 6.92. The summed E-state index contributed by atoms with van der Waals surface area (Å²) in [6.45, 7) is 2.79. The molecule has 0 saturated heterocycles. The number of nitriles is 1. The molecule has 2 aromatic carbocycles. The number of allylic oxidation sites excluding steroid dienone is 1. The monoisotopic (exact) mass is 382 g/mol. The van der Waals surface area contributed by atoms with Gasteiger partial charge in [0.15, 0.2) is 0 Å². The molecule has 0 aliphatic rings. The molecule has 0 fully saturated rings. The maximum absolute atomic E-state index is 8.91. The van der Waals surface area contributed by atoms with E-state index in [4.69, 9.17) is 10.00 Å². The molecule has 0 saturated carbocycles. The topological polar surface area (TPSA) is 45.9 Å². The summed E-state index contributed by atoms with van der Waals surface area (Å²) in [5, 5.41) is 8.91. The molecule has 0 atom stereocenters. The van der Waals surface area contributed by atoms with Crippen LogP contribution in [0, 0.1) is 11.3 Å². The molecular formula is C26H26N2O. The minimum atomic E-state index is 0.576. The average Bonchev–Trinajstić information content (AvgIpc) is 2.79. The molecule has 0 aliphatic carbocycles. The van der Waals surface area contributed by atoms with Gasteiger partial charge in [-0.05, 0) is 48.2 Å². The van der Waals surface area contributed by atoms with E-state index in [-0.39, 0.29) is 0 Å². The molecule has 0 bridgehead atoms. The van der Waals surface area contributed by atoms with Crippen LogP contribution in [0.2, 0.25) is 0 Å². The third-order valence-electron chi connectivity index (χ3n) is 4.75. The zero-order valence-electron chi connectivity index (χ0n) is 16.8. The summed E-state index contributed by atoms with van der Waals surface area (Å²) in [6.07, 6.45) is 10.9. The van der Waals surface area contributed by atoms with Crippen molar-refractivity contribution in [2.75, 3.05) is 6.61 Å². The maximum Gasteiger partial charge on any atom is 0.138 e. The summed E-state index contributed by atoms with van der Waals surface area (Å²) >= 11 is 0. The molecular weight excluding hydrogens is 356 g/mol. The molecule has 3 rings (SSSR count). The molecule has 0 aliphatic heterocycles. The fraction of sp³-hybridized carbons (Fsp3) is 0.231. The number of hydrogen-bond donors (Lipinski definition) is 0. The van der Waals surface area contributed by atoms with E-state index in [9.17, 15) is 0 Å². The molecule has 0 spiro atoms. The molecule has 29 heavy (non-hydrogen) atoms. The third kappa shape index (κ3) is 6.05. The predicted octanol–water partition coefficient (Wildman–Crippen LogP) is 6.80. The fourth-order valence-electron chi connectivity index (χ4n) is 3.05. The Hall–Kier alpha value is -3.38. The largest absolute Gasteiger partial charge is 0.488 e. The zero-order chi connectivity index (χ0) is 20.3. The maximum atomic E-state index is 8.91. The summed E-state index contributed by atoms with van der Waals surface area (Å²) in [6, 6.07) is 22.0. The number of hydrogen-bond acceptors (Lipinski definition) is 3. The van der Waals surface area contributed by atoms with Crippen LogP contribution in [0.3, 0.4) is 0 Å². The number of nitrogens with zero attached hydrogens (tertiary/aromatic N) is 2. The molecule has 146 valence electrons. The van der Waals surface area contributed by atoms with Crippen LogP contribution in [-0.4, -0.2) is 11.6 Å². The number of ether oxygens (including phenoxy) is 1. The first-order valence-electron chi connectivity index (χ1n) is 10.1. The lowest BCUT2D eigenvalue weighted by molar-refractivity contribution is 0.361. The number of rotatable bonds is 9. The van der Waals surface area contributed by atoms with Crippen molar-refractivity contribution in [3.8, 4) is 34.2 Å². The first kappa shape index (κ1) is 20.4. The van der Waals surface area contributed by atoms with Crippen LogP contribution in [0.5, 0.6) is 5.75 Å². The quantitative estimate of drug-likeness (QED) is 0.302. The Bertz CT molecular complexity index is 950. The lowest BCUT2D eigenvalue weighted by atomic mass is 10.0. The minimum absolute atomic E-state index is 0.576. The van der Waals surface area contributed by atoms with Gasteiger partial charge in [0.05, 0.1) is 23.5 Å². The van der Waals surface area contributed by atoms with E-state index < -0.39 is 0 Å². The molecule has 0 amide bonds. The lowest BCUT2D eigenvalue weighted by Gasteiger charge is -2.06. The second-order valence-electron chi connectivity index (χ2n) is 6.92. The molecule has 0 unspecified atom stereocenters. The Kier molecular flexibility index (Phi) is 7.60. The van der Waals surface area contributed by atoms with Gasteiger partial charge in [0.25, 0.3) is 0 Å². The molecule has 3 aromatic rings. The summed E-state index contributed by atoms with van der Waals surface area (Å²) in [7, 11) is 0. The highest BCUT2D eigenvalue weighted by molar-refractivity contribution is 5.69. The van der Waals surface area contributed by atoms with Crippen molar-refractivity contribution in [2.45, 2.75) is 32.6 Å². The standard InChI is InChI=1S/C26H26N2O/c1-2-3-4-5-6-7-18-29-25-16-17-26(28-20-25)24-14-12-23(13-15-24)22-10-8-21(19-27)9-11-22/h6-17,20H,2-5,18H2,1H3/b7-6+. The Labute approximate surface area is 173 Å². The number of benzene rings is 2. The van der Waals surface area contributed by atoms with Crippen molar-refractivity contribution in [1.82, 2.24) is 4.98 Å². The SMILES string of the molecule is CCCCC/C=C/COc1ccc(-c2ccc(-c3ccc(C#N)cc3)cc2)nc1. The smallest absolute Gasteiger partial charge is 0.138 e. The first-order valence-corrected chi connectivity index (χ1v) is 10.1. The van der Waals surface area contributed by atoms with Gasteiger partial charge in [-0.1, -0.05) is 68.3 Å². The Balaban J connectivity index is 1.56. The average molecular weight is 383 g/mol. The molecule has 1 aromatic heterocycles. The van der Waals surface area contributed by atoms with Crippen LogP contribution in [0.15, 0.2) is 79.0 Å². The Morgan fingerprint density at radius 3 is 2.17 bits per heavy atom. The van der Waals surface area contributed by atoms with Crippen LogP contribution in [0.4, 0.5) is 0 Å². The summed E-state index contributed by atoms with van der Waals surface area (Å²) in [4.78, 5) is 4.53. The van der Waals surface area contributed by atoms with E-state index >= 15 is 0 Å². The minimum Gasteiger partial charge on any atom is -0.488 e. The number of pyridine rings is 1.